The largest absolute Gasteiger partial charge is 0.350 e. The SMILES string of the molecule is Cn1cc2c(Nc3ccnc(N[C@@H]4CCCC[C@@H]4N)n3)cccc2n1. The van der Waals surface area contributed by atoms with E-state index in [-0.39, 0.29) is 12.1 Å². The number of aromatic nitrogens is 4. The molecule has 0 amide bonds. The van der Waals surface area contributed by atoms with Crippen LogP contribution in [-0.2, 0) is 7.05 Å². The van der Waals surface area contributed by atoms with Gasteiger partial charge >= 0.3 is 0 Å². The summed E-state index contributed by atoms with van der Waals surface area (Å²) in [6.45, 7) is 0. The van der Waals surface area contributed by atoms with Crippen LogP contribution in [0.4, 0.5) is 17.5 Å². The highest BCUT2D eigenvalue weighted by Gasteiger charge is 2.22. The van der Waals surface area contributed by atoms with Gasteiger partial charge in [0.1, 0.15) is 5.82 Å². The molecule has 0 unspecified atom stereocenters. The van der Waals surface area contributed by atoms with E-state index in [1.165, 1.54) is 12.8 Å². The Morgan fingerprint density at radius 2 is 2.08 bits per heavy atom. The molecule has 1 aliphatic rings. The van der Waals surface area contributed by atoms with Crippen LogP contribution in [0.25, 0.3) is 10.9 Å². The average molecular weight is 337 g/mol. The van der Waals surface area contributed by atoms with Crippen LogP contribution >= 0.6 is 0 Å². The Bertz CT molecular complexity index is 873. The Labute approximate surface area is 146 Å². The molecule has 0 radical (unpaired) electrons. The number of nitrogens with two attached hydrogens (primary N) is 1. The fraction of sp³-hybridized carbons (Fsp3) is 0.389. The fourth-order valence-corrected chi connectivity index (χ4v) is 3.41. The molecule has 1 fully saturated rings. The first kappa shape index (κ1) is 15.8. The summed E-state index contributed by atoms with van der Waals surface area (Å²) < 4.78 is 1.81. The molecule has 130 valence electrons. The first-order chi connectivity index (χ1) is 12.2. The van der Waals surface area contributed by atoms with Crippen molar-refractivity contribution in [1.29, 1.82) is 0 Å². The van der Waals surface area contributed by atoms with E-state index < -0.39 is 0 Å². The number of nitrogens with zero attached hydrogens (tertiary/aromatic N) is 4. The van der Waals surface area contributed by atoms with Crippen molar-refractivity contribution in [1.82, 2.24) is 19.7 Å². The van der Waals surface area contributed by atoms with Gasteiger partial charge in [-0.3, -0.25) is 4.68 Å². The number of anilines is 3. The molecule has 0 saturated heterocycles. The second-order valence-electron chi connectivity index (χ2n) is 6.63. The molecule has 0 aliphatic heterocycles. The highest BCUT2D eigenvalue weighted by molar-refractivity contribution is 5.92. The molecule has 7 nitrogen and oxygen atoms in total. The average Bonchev–Trinajstić information content (AvgIpc) is 2.99. The fourth-order valence-electron chi connectivity index (χ4n) is 3.41. The molecule has 4 rings (SSSR count). The maximum Gasteiger partial charge on any atom is 0.224 e. The van der Waals surface area contributed by atoms with Crippen LogP contribution in [0, 0.1) is 0 Å². The Balaban J connectivity index is 1.54. The van der Waals surface area contributed by atoms with Crippen LogP contribution in [0.5, 0.6) is 0 Å². The normalized spacial score (nSPS) is 20.6. The minimum atomic E-state index is 0.165. The highest BCUT2D eigenvalue weighted by atomic mass is 15.2. The molecule has 7 heteroatoms. The van der Waals surface area contributed by atoms with E-state index >= 15 is 0 Å². The topological polar surface area (TPSA) is 93.7 Å². The lowest BCUT2D eigenvalue weighted by Gasteiger charge is -2.29. The molecule has 3 aromatic rings. The van der Waals surface area contributed by atoms with Crippen LogP contribution in [0.3, 0.4) is 0 Å². The van der Waals surface area contributed by atoms with Gasteiger partial charge in [0.15, 0.2) is 0 Å². The standard InChI is InChI=1S/C18H23N7/c1-25-11-12-14(7-4-8-15(12)24-25)21-17-9-10-20-18(23-17)22-16-6-3-2-5-13(16)19/h4,7-11,13,16H,2-3,5-6,19H2,1H3,(H2,20,21,22,23)/t13-,16+/m0/s1. The van der Waals surface area contributed by atoms with E-state index in [0.29, 0.717) is 5.95 Å². The van der Waals surface area contributed by atoms with Crippen molar-refractivity contribution in [3.8, 4) is 0 Å². The first-order valence-corrected chi connectivity index (χ1v) is 8.73. The van der Waals surface area contributed by atoms with Gasteiger partial charge in [-0.2, -0.15) is 10.1 Å². The smallest absolute Gasteiger partial charge is 0.224 e. The third kappa shape index (κ3) is 3.41. The van der Waals surface area contributed by atoms with Gasteiger partial charge in [0.2, 0.25) is 5.95 Å². The van der Waals surface area contributed by atoms with Crippen molar-refractivity contribution >= 4 is 28.4 Å². The summed E-state index contributed by atoms with van der Waals surface area (Å²) in [6.07, 6.45) is 8.29. The van der Waals surface area contributed by atoms with E-state index in [1.807, 2.05) is 42.2 Å². The van der Waals surface area contributed by atoms with Crippen molar-refractivity contribution < 1.29 is 0 Å². The summed E-state index contributed by atoms with van der Waals surface area (Å²) in [4.78, 5) is 8.94. The molecule has 1 aliphatic carbocycles. The molecule has 1 saturated carbocycles. The van der Waals surface area contributed by atoms with Crippen molar-refractivity contribution in [2.24, 2.45) is 12.8 Å². The molecule has 2 aromatic heterocycles. The van der Waals surface area contributed by atoms with Gasteiger partial charge < -0.3 is 16.4 Å². The van der Waals surface area contributed by atoms with Crippen molar-refractivity contribution in [2.75, 3.05) is 10.6 Å². The number of hydrogen-bond acceptors (Lipinski definition) is 6. The Morgan fingerprint density at radius 1 is 1.20 bits per heavy atom. The number of hydrogen-bond donors (Lipinski definition) is 3. The van der Waals surface area contributed by atoms with Crippen LogP contribution in [0.15, 0.2) is 36.7 Å². The number of benzene rings is 1. The molecule has 2 heterocycles. The van der Waals surface area contributed by atoms with Gasteiger partial charge in [-0.25, -0.2) is 4.98 Å². The summed E-state index contributed by atoms with van der Waals surface area (Å²) in [7, 11) is 1.92. The second kappa shape index (κ2) is 6.68. The maximum atomic E-state index is 6.21. The minimum Gasteiger partial charge on any atom is -0.350 e. The molecule has 4 N–H and O–H groups in total. The van der Waals surface area contributed by atoms with Crippen molar-refractivity contribution in [3.05, 3.63) is 36.7 Å². The zero-order valence-electron chi connectivity index (χ0n) is 14.3. The van der Waals surface area contributed by atoms with Gasteiger partial charge in [0, 0.05) is 36.9 Å². The predicted molar refractivity (Wildman–Crippen MR) is 99.9 cm³/mol. The summed E-state index contributed by atoms with van der Waals surface area (Å²) in [6, 6.07) is 8.28. The number of fused-ring (bicyclic) bond motifs is 1. The van der Waals surface area contributed by atoms with Gasteiger partial charge in [0.05, 0.1) is 11.2 Å². The third-order valence-corrected chi connectivity index (χ3v) is 4.72. The Morgan fingerprint density at radius 3 is 2.96 bits per heavy atom. The molecule has 25 heavy (non-hydrogen) atoms. The lowest BCUT2D eigenvalue weighted by molar-refractivity contribution is 0.402. The Kier molecular flexibility index (Phi) is 4.23. The Hall–Kier alpha value is -2.67. The molecule has 0 bridgehead atoms. The first-order valence-electron chi connectivity index (χ1n) is 8.73. The quantitative estimate of drug-likeness (QED) is 0.678. The summed E-state index contributed by atoms with van der Waals surface area (Å²) >= 11 is 0. The molecule has 2 atom stereocenters. The summed E-state index contributed by atoms with van der Waals surface area (Å²) in [5.41, 5.74) is 8.14. The lowest BCUT2D eigenvalue weighted by atomic mass is 9.91. The number of rotatable bonds is 4. The van der Waals surface area contributed by atoms with E-state index in [0.717, 1.165) is 35.2 Å². The van der Waals surface area contributed by atoms with Crippen LogP contribution in [0.2, 0.25) is 0 Å². The maximum absolute atomic E-state index is 6.21. The van der Waals surface area contributed by atoms with Crippen LogP contribution in [0.1, 0.15) is 25.7 Å². The molecular formula is C18H23N7. The zero-order valence-corrected chi connectivity index (χ0v) is 14.3. The van der Waals surface area contributed by atoms with Gasteiger partial charge in [-0.15, -0.1) is 0 Å². The molecule has 1 aromatic carbocycles. The monoisotopic (exact) mass is 337 g/mol. The highest BCUT2D eigenvalue weighted by Crippen LogP contribution is 2.25. The van der Waals surface area contributed by atoms with Gasteiger partial charge in [-0.05, 0) is 31.0 Å². The second-order valence-corrected chi connectivity index (χ2v) is 6.63. The lowest BCUT2D eigenvalue weighted by Crippen LogP contribution is -2.42. The number of nitrogens with one attached hydrogen (secondary N) is 2. The third-order valence-electron chi connectivity index (χ3n) is 4.72. The molecular weight excluding hydrogens is 314 g/mol. The van der Waals surface area contributed by atoms with Crippen LogP contribution < -0.4 is 16.4 Å². The molecule has 0 spiro atoms. The zero-order chi connectivity index (χ0) is 17.2. The summed E-state index contributed by atoms with van der Waals surface area (Å²) in [5, 5.41) is 12.3. The number of aryl methyl sites for hydroxylation is 1. The van der Waals surface area contributed by atoms with Crippen LogP contribution in [-0.4, -0.2) is 31.8 Å². The van der Waals surface area contributed by atoms with E-state index in [2.05, 4.69) is 25.7 Å². The van der Waals surface area contributed by atoms with Gasteiger partial charge in [0.25, 0.3) is 0 Å². The van der Waals surface area contributed by atoms with E-state index in [9.17, 15) is 0 Å². The predicted octanol–water partition coefficient (Wildman–Crippen LogP) is 2.79. The van der Waals surface area contributed by atoms with Gasteiger partial charge in [-0.1, -0.05) is 18.9 Å². The van der Waals surface area contributed by atoms with Crippen molar-refractivity contribution in [2.45, 2.75) is 37.8 Å². The minimum absolute atomic E-state index is 0.165. The van der Waals surface area contributed by atoms with Crippen molar-refractivity contribution in [3.63, 3.8) is 0 Å². The van der Waals surface area contributed by atoms with E-state index in [1.54, 1.807) is 6.20 Å². The summed E-state index contributed by atoms with van der Waals surface area (Å²) in [5.74, 6) is 1.36. The van der Waals surface area contributed by atoms with E-state index in [4.69, 9.17) is 5.73 Å².